The Morgan fingerprint density at radius 2 is 1.84 bits per heavy atom. The molecule has 0 spiro atoms. The second kappa shape index (κ2) is 6.33. The molecule has 0 atom stereocenters. The van der Waals surface area contributed by atoms with Crippen molar-refractivity contribution in [1.29, 1.82) is 0 Å². The highest BCUT2D eigenvalue weighted by Crippen LogP contribution is 2.26. The van der Waals surface area contributed by atoms with Gasteiger partial charge in [0, 0.05) is 38.9 Å². The molecule has 1 aromatic carbocycles. The SMILES string of the molecule is Cc1cccc(Nc2nc(N3CCN(C)CC3)nc3c2cnn3C)c1. The molecule has 7 nitrogen and oxygen atoms in total. The molecule has 1 aliphatic heterocycles. The van der Waals surface area contributed by atoms with Gasteiger partial charge in [-0.15, -0.1) is 0 Å². The predicted molar refractivity (Wildman–Crippen MR) is 100 cm³/mol. The number of anilines is 3. The average Bonchev–Trinajstić information content (AvgIpc) is 2.97. The Kier molecular flexibility index (Phi) is 4.01. The second-order valence-corrected chi connectivity index (χ2v) is 6.66. The summed E-state index contributed by atoms with van der Waals surface area (Å²) in [5, 5.41) is 8.74. The first-order chi connectivity index (χ1) is 12.1. The Morgan fingerprint density at radius 3 is 2.60 bits per heavy atom. The minimum atomic E-state index is 0.763. The van der Waals surface area contributed by atoms with E-state index in [1.54, 1.807) is 4.68 Å². The first kappa shape index (κ1) is 15.8. The van der Waals surface area contributed by atoms with Crippen LogP contribution in [0.5, 0.6) is 0 Å². The van der Waals surface area contributed by atoms with Crippen LogP contribution in [0.1, 0.15) is 5.56 Å². The molecule has 25 heavy (non-hydrogen) atoms. The van der Waals surface area contributed by atoms with Gasteiger partial charge in [-0.1, -0.05) is 12.1 Å². The summed E-state index contributed by atoms with van der Waals surface area (Å²) >= 11 is 0. The zero-order valence-corrected chi connectivity index (χ0v) is 14.9. The monoisotopic (exact) mass is 337 g/mol. The van der Waals surface area contributed by atoms with Crippen LogP contribution in [0.15, 0.2) is 30.5 Å². The van der Waals surface area contributed by atoms with Gasteiger partial charge in [0.1, 0.15) is 5.82 Å². The lowest BCUT2D eigenvalue weighted by atomic mass is 10.2. The third-order valence-corrected chi connectivity index (χ3v) is 4.65. The summed E-state index contributed by atoms with van der Waals surface area (Å²) in [4.78, 5) is 14.1. The summed E-state index contributed by atoms with van der Waals surface area (Å²) in [6.07, 6.45) is 1.82. The number of hydrogen-bond acceptors (Lipinski definition) is 6. The molecule has 0 amide bonds. The van der Waals surface area contributed by atoms with Gasteiger partial charge in [0.25, 0.3) is 0 Å². The molecule has 1 aliphatic rings. The van der Waals surface area contributed by atoms with E-state index in [-0.39, 0.29) is 0 Å². The molecule has 130 valence electrons. The number of fused-ring (bicyclic) bond motifs is 1. The fourth-order valence-corrected chi connectivity index (χ4v) is 3.11. The van der Waals surface area contributed by atoms with Crippen molar-refractivity contribution in [3.63, 3.8) is 0 Å². The van der Waals surface area contributed by atoms with Crippen molar-refractivity contribution >= 4 is 28.5 Å². The Bertz CT molecular complexity index is 894. The quantitative estimate of drug-likeness (QED) is 0.790. The van der Waals surface area contributed by atoms with E-state index >= 15 is 0 Å². The number of likely N-dealkylation sites (N-methyl/N-ethyl adjacent to an activating group) is 1. The number of aromatic nitrogens is 4. The van der Waals surface area contributed by atoms with E-state index in [0.717, 1.165) is 54.7 Å². The molecule has 1 saturated heterocycles. The fraction of sp³-hybridized carbons (Fsp3) is 0.389. The number of aryl methyl sites for hydroxylation is 2. The topological polar surface area (TPSA) is 62.1 Å². The summed E-state index contributed by atoms with van der Waals surface area (Å²) in [6.45, 7) is 5.99. The zero-order valence-electron chi connectivity index (χ0n) is 14.9. The minimum absolute atomic E-state index is 0.763. The summed E-state index contributed by atoms with van der Waals surface area (Å²) in [6, 6.07) is 8.29. The van der Waals surface area contributed by atoms with Crippen molar-refractivity contribution in [2.24, 2.45) is 7.05 Å². The molecule has 2 aromatic heterocycles. The van der Waals surface area contributed by atoms with E-state index in [9.17, 15) is 0 Å². The Labute approximate surface area is 147 Å². The van der Waals surface area contributed by atoms with Crippen LogP contribution < -0.4 is 10.2 Å². The predicted octanol–water partition coefficient (Wildman–Crippen LogP) is 2.17. The average molecular weight is 337 g/mol. The van der Waals surface area contributed by atoms with Crippen molar-refractivity contribution in [3.8, 4) is 0 Å². The molecule has 3 aromatic rings. The zero-order chi connectivity index (χ0) is 17.4. The van der Waals surface area contributed by atoms with Gasteiger partial charge in [0.2, 0.25) is 5.95 Å². The maximum Gasteiger partial charge on any atom is 0.229 e. The van der Waals surface area contributed by atoms with Crippen LogP contribution >= 0.6 is 0 Å². The lowest BCUT2D eigenvalue weighted by Gasteiger charge is -2.32. The maximum absolute atomic E-state index is 4.82. The number of rotatable bonds is 3. The Balaban J connectivity index is 1.74. The molecule has 1 N–H and O–H groups in total. The molecular formula is C18H23N7. The second-order valence-electron chi connectivity index (χ2n) is 6.66. The van der Waals surface area contributed by atoms with Crippen molar-refractivity contribution in [1.82, 2.24) is 24.6 Å². The third kappa shape index (κ3) is 3.15. The van der Waals surface area contributed by atoms with E-state index in [2.05, 4.69) is 46.3 Å². The van der Waals surface area contributed by atoms with Gasteiger partial charge in [-0.05, 0) is 31.7 Å². The lowest BCUT2D eigenvalue weighted by molar-refractivity contribution is 0.311. The molecule has 0 radical (unpaired) electrons. The van der Waals surface area contributed by atoms with Gasteiger partial charge in [-0.3, -0.25) is 4.68 Å². The first-order valence-electron chi connectivity index (χ1n) is 8.57. The van der Waals surface area contributed by atoms with Crippen LogP contribution in [0.3, 0.4) is 0 Å². The highest BCUT2D eigenvalue weighted by Gasteiger charge is 2.20. The normalized spacial score (nSPS) is 15.7. The van der Waals surface area contributed by atoms with E-state index in [1.165, 1.54) is 5.56 Å². The summed E-state index contributed by atoms with van der Waals surface area (Å²) in [5.74, 6) is 1.57. The molecule has 0 aliphatic carbocycles. The van der Waals surface area contributed by atoms with Gasteiger partial charge in [-0.25, -0.2) is 0 Å². The number of nitrogens with one attached hydrogen (secondary N) is 1. The standard InChI is InChI=1S/C18H23N7/c1-13-5-4-6-14(11-13)20-16-15-12-19-24(3)17(15)22-18(21-16)25-9-7-23(2)8-10-25/h4-6,11-12H,7-10H2,1-3H3,(H,20,21,22). The first-order valence-corrected chi connectivity index (χ1v) is 8.57. The smallest absolute Gasteiger partial charge is 0.229 e. The summed E-state index contributed by atoms with van der Waals surface area (Å²) in [7, 11) is 4.06. The van der Waals surface area contributed by atoms with E-state index in [4.69, 9.17) is 9.97 Å². The van der Waals surface area contributed by atoms with Crippen molar-refractivity contribution < 1.29 is 0 Å². The molecule has 3 heterocycles. The molecule has 0 bridgehead atoms. The van der Waals surface area contributed by atoms with E-state index in [0.29, 0.717) is 0 Å². The van der Waals surface area contributed by atoms with Crippen LogP contribution in [0.2, 0.25) is 0 Å². The van der Waals surface area contributed by atoms with Crippen LogP contribution in [0.4, 0.5) is 17.5 Å². The number of piperazine rings is 1. The minimum Gasteiger partial charge on any atom is -0.339 e. The highest BCUT2D eigenvalue weighted by molar-refractivity contribution is 5.89. The van der Waals surface area contributed by atoms with Crippen LogP contribution in [0.25, 0.3) is 11.0 Å². The van der Waals surface area contributed by atoms with Crippen LogP contribution in [0, 0.1) is 6.92 Å². The van der Waals surface area contributed by atoms with Gasteiger partial charge in [0.05, 0.1) is 11.6 Å². The van der Waals surface area contributed by atoms with Gasteiger partial charge in [-0.2, -0.15) is 15.1 Å². The molecule has 1 fully saturated rings. The van der Waals surface area contributed by atoms with E-state index in [1.807, 2.05) is 25.4 Å². The maximum atomic E-state index is 4.82. The van der Waals surface area contributed by atoms with Crippen molar-refractivity contribution in [2.75, 3.05) is 43.4 Å². The van der Waals surface area contributed by atoms with Crippen molar-refractivity contribution in [3.05, 3.63) is 36.0 Å². The number of nitrogens with zero attached hydrogens (tertiary/aromatic N) is 6. The molecule has 0 unspecified atom stereocenters. The van der Waals surface area contributed by atoms with Crippen LogP contribution in [-0.2, 0) is 7.05 Å². The molecule has 7 heteroatoms. The molecule has 4 rings (SSSR count). The molecular weight excluding hydrogens is 314 g/mol. The Hall–Kier alpha value is -2.67. The third-order valence-electron chi connectivity index (χ3n) is 4.65. The van der Waals surface area contributed by atoms with Gasteiger partial charge in [0.15, 0.2) is 5.65 Å². The number of hydrogen-bond donors (Lipinski definition) is 1. The van der Waals surface area contributed by atoms with Gasteiger partial charge >= 0.3 is 0 Å². The fourth-order valence-electron chi connectivity index (χ4n) is 3.11. The van der Waals surface area contributed by atoms with Crippen LogP contribution in [-0.4, -0.2) is 57.9 Å². The number of benzene rings is 1. The lowest BCUT2D eigenvalue weighted by Crippen LogP contribution is -2.45. The molecule has 0 saturated carbocycles. The largest absolute Gasteiger partial charge is 0.339 e. The summed E-state index contributed by atoms with van der Waals surface area (Å²) in [5.41, 5.74) is 3.08. The van der Waals surface area contributed by atoms with Crippen molar-refractivity contribution in [2.45, 2.75) is 6.92 Å². The van der Waals surface area contributed by atoms with E-state index < -0.39 is 0 Å². The highest BCUT2D eigenvalue weighted by atomic mass is 15.4. The van der Waals surface area contributed by atoms with Gasteiger partial charge < -0.3 is 15.1 Å². The Morgan fingerprint density at radius 1 is 1.04 bits per heavy atom. The summed E-state index contributed by atoms with van der Waals surface area (Å²) < 4.78 is 1.80.